The van der Waals surface area contributed by atoms with Gasteiger partial charge in [-0.3, -0.25) is 0 Å². The Morgan fingerprint density at radius 2 is 2.23 bits per heavy atom. The van der Waals surface area contributed by atoms with Crippen LogP contribution in [0.1, 0.15) is 37.9 Å². The van der Waals surface area contributed by atoms with Gasteiger partial charge in [0.15, 0.2) is 5.82 Å². The number of nitrogens with one attached hydrogen (secondary N) is 2. The number of aromatic nitrogens is 4. The van der Waals surface area contributed by atoms with Crippen molar-refractivity contribution in [3.05, 3.63) is 28.5 Å². The number of fused-ring (bicyclic) bond motifs is 2. The summed E-state index contributed by atoms with van der Waals surface area (Å²) in [6, 6.07) is 1.98. The van der Waals surface area contributed by atoms with Crippen molar-refractivity contribution >= 4 is 39.3 Å². The van der Waals surface area contributed by atoms with Gasteiger partial charge in [-0.15, -0.1) is 16.4 Å². The molecule has 3 aromatic rings. The van der Waals surface area contributed by atoms with Crippen molar-refractivity contribution in [2.45, 2.75) is 39.8 Å². The second kappa shape index (κ2) is 6.03. The molecule has 0 bridgehead atoms. The Bertz CT molecular complexity index is 1010. The van der Waals surface area contributed by atoms with Gasteiger partial charge in [0, 0.05) is 12.1 Å². The first kappa shape index (κ1) is 16.9. The van der Waals surface area contributed by atoms with E-state index >= 15 is 0 Å². The lowest BCUT2D eigenvalue weighted by atomic mass is 10.0. The predicted octanol–water partition coefficient (Wildman–Crippen LogP) is 3.28. The zero-order chi connectivity index (χ0) is 18.5. The second-order valence-corrected chi connectivity index (χ2v) is 7.54. The summed E-state index contributed by atoms with van der Waals surface area (Å²) in [5.41, 5.74) is 1.38. The Balaban J connectivity index is 1.81. The van der Waals surface area contributed by atoms with Crippen molar-refractivity contribution in [2.75, 3.05) is 11.9 Å². The third-order valence-electron chi connectivity index (χ3n) is 4.40. The molecule has 0 fully saturated rings. The molecule has 3 aromatic heterocycles. The Hall–Kier alpha value is -2.52. The van der Waals surface area contributed by atoms with Crippen LogP contribution in [0.2, 0.25) is 0 Å². The first-order valence-electron chi connectivity index (χ1n) is 8.44. The SMILES string of the molecule is CCOC(=O)n1nc(Nc2nc(C)nc3sccc23)c2c1C(C)(C)NC2. The van der Waals surface area contributed by atoms with Crippen LogP contribution in [0.4, 0.5) is 16.4 Å². The normalized spacial score (nSPS) is 15.2. The van der Waals surface area contributed by atoms with Gasteiger partial charge in [-0.05, 0) is 39.1 Å². The number of nitrogens with zero attached hydrogens (tertiary/aromatic N) is 4. The molecule has 136 valence electrons. The molecular weight excluding hydrogens is 352 g/mol. The van der Waals surface area contributed by atoms with Crippen molar-refractivity contribution in [1.82, 2.24) is 25.1 Å². The van der Waals surface area contributed by atoms with Gasteiger partial charge in [0.2, 0.25) is 0 Å². The van der Waals surface area contributed by atoms with Crippen molar-refractivity contribution in [3.63, 3.8) is 0 Å². The van der Waals surface area contributed by atoms with E-state index in [-0.39, 0.29) is 5.54 Å². The van der Waals surface area contributed by atoms with Crippen LogP contribution in [0.25, 0.3) is 10.2 Å². The van der Waals surface area contributed by atoms with E-state index in [9.17, 15) is 4.79 Å². The molecule has 0 atom stereocenters. The molecule has 0 spiro atoms. The number of ether oxygens (including phenoxy) is 1. The number of thiophene rings is 1. The van der Waals surface area contributed by atoms with Gasteiger partial charge < -0.3 is 15.4 Å². The highest BCUT2D eigenvalue weighted by Gasteiger charge is 2.38. The van der Waals surface area contributed by atoms with Crippen LogP contribution < -0.4 is 10.6 Å². The number of anilines is 2. The summed E-state index contributed by atoms with van der Waals surface area (Å²) in [5.74, 6) is 1.98. The molecule has 8 nitrogen and oxygen atoms in total. The molecule has 4 rings (SSSR count). The van der Waals surface area contributed by atoms with Gasteiger partial charge in [-0.1, -0.05) is 0 Å². The van der Waals surface area contributed by atoms with Gasteiger partial charge in [0.25, 0.3) is 0 Å². The van der Waals surface area contributed by atoms with E-state index in [1.807, 2.05) is 32.2 Å². The minimum atomic E-state index is -0.479. The minimum Gasteiger partial charge on any atom is -0.448 e. The van der Waals surface area contributed by atoms with Crippen LogP contribution in [0, 0.1) is 6.92 Å². The summed E-state index contributed by atoms with van der Waals surface area (Å²) in [4.78, 5) is 22.3. The Morgan fingerprint density at radius 1 is 1.42 bits per heavy atom. The summed E-state index contributed by atoms with van der Waals surface area (Å²) in [5, 5.41) is 14.1. The monoisotopic (exact) mass is 372 g/mol. The van der Waals surface area contributed by atoms with Crippen LogP contribution in [-0.4, -0.2) is 32.4 Å². The first-order chi connectivity index (χ1) is 12.4. The molecule has 0 radical (unpaired) electrons. The van der Waals surface area contributed by atoms with E-state index in [1.54, 1.807) is 18.3 Å². The molecule has 0 saturated carbocycles. The third-order valence-corrected chi connectivity index (χ3v) is 5.20. The molecule has 1 aliphatic rings. The zero-order valence-corrected chi connectivity index (χ0v) is 15.9. The van der Waals surface area contributed by atoms with Crippen LogP contribution >= 0.6 is 11.3 Å². The molecule has 9 heteroatoms. The number of hydrogen-bond acceptors (Lipinski definition) is 8. The highest BCUT2D eigenvalue weighted by atomic mass is 32.1. The Morgan fingerprint density at radius 3 is 3.00 bits per heavy atom. The van der Waals surface area contributed by atoms with E-state index < -0.39 is 6.09 Å². The largest absolute Gasteiger partial charge is 0.448 e. The molecule has 2 N–H and O–H groups in total. The third kappa shape index (κ3) is 2.63. The lowest BCUT2D eigenvalue weighted by Gasteiger charge is -2.20. The highest BCUT2D eigenvalue weighted by molar-refractivity contribution is 7.16. The van der Waals surface area contributed by atoms with Gasteiger partial charge >= 0.3 is 6.09 Å². The van der Waals surface area contributed by atoms with Gasteiger partial charge in [-0.25, -0.2) is 14.8 Å². The smallest absolute Gasteiger partial charge is 0.435 e. The van der Waals surface area contributed by atoms with Gasteiger partial charge in [-0.2, -0.15) is 4.68 Å². The average molecular weight is 372 g/mol. The van der Waals surface area contributed by atoms with E-state index in [4.69, 9.17) is 4.74 Å². The van der Waals surface area contributed by atoms with Crippen molar-refractivity contribution in [2.24, 2.45) is 0 Å². The second-order valence-electron chi connectivity index (χ2n) is 6.65. The lowest BCUT2D eigenvalue weighted by molar-refractivity contribution is 0.148. The Labute approximate surface area is 154 Å². The number of carbonyl (C=O) groups is 1. The first-order valence-corrected chi connectivity index (χ1v) is 9.32. The van der Waals surface area contributed by atoms with Crippen LogP contribution in [0.15, 0.2) is 11.4 Å². The maximum atomic E-state index is 12.4. The number of carbonyl (C=O) groups excluding carboxylic acids is 1. The van der Waals surface area contributed by atoms with Crippen LogP contribution in [0.3, 0.4) is 0 Å². The van der Waals surface area contributed by atoms with E-state index in [1.165, 1.54) is 4.68 Å². The van der Waals surface area contributed by atoms with Crippen molar-refractivity contribution < 1.29 is 9.53 Å². The molecule has 4 heterocycles. The highest BCUT2D eigenvalue weighted by Crippen LogP contribution is 2.37. The van der Waals surface area contributed by atoms with Gasteiger partial charge in [0.1, 0.15) is 16.5 Å². The van der Waals surface area contributed by atoms with E-state index in [0.29, 0.717) is 30.6 Å². The van der Waals surface area contributed by atoms with Gasteiger partial charge in [0.05, 0.1) is 23.2 Å². The predicted molar refractivity (Wildman–Crippen MR) is 99.9 cm³/mol. The zero-order valence-electron chi connectivity index (χ0n) is 15.1. The topological polar surface area (TPSA) is 94.0 Å². The molecule has 0 amide bonds. The molecular formula is C17H20N6O2S. The minimum absolute atomic E-state index is 0.296. The Kier molecular flexibility index (Phi) is 3.92. The molecule has 0 aromatic carbocycles. The number of rotatable bonds is 3. The van der Waals surface area contributed by atoms with Crippen LogP contribution in [-0.2, 0) is 16.8 Å². The van der Waals surface area contributed by atoms with E-state index in [0.717, 1.165) is 21.5 Å². The van der Waals surface area contributed by atoms with E-state index in [2.05, 4.69) is 25.7 Å². The van der Waals surface area contributed by atoms with Crippen LogP contribution in [0.5, 0.6) is 0 Å². The summed E-state index contributed by atoms with van der Waals surface area (Å²) in [6.07, 6.45) is -0.479. The molecule has 0 saturated heterocycles. The fourth-order valence-electron chi connectivity index (χ4n) is 3.24. The standard InChI is InChI=1S/C17H20N6O2S/c1-5-25-16(24)23-12-11(8-18-17(12,3)4)14(22-23)21-13-10-6-7-26-15(10)20-9(2)19-13/h6-7,18H,5,8H2,1-4H3,(H,19,20,21,22). The van der Waals surface area contributed by atoms with Crippen molar-refractivity contribution in [3.8, 4) is 0 Å². The fourth-order valence-corrected chi connectivity index (χ4v) is 4.05. The molecule has 26 heavy (non-hydrogen) atoms. The summed E-state index contributed by atoms with van der Waals surface area (Å²) >= 11 is 1.56. The molecule has 1 aliphatic heterocycles. The summed E-state index contributed by atoms with van der Waals surface area (Å²) < 4.78 is 6.52. The fraction of sp³-hybridized carbons (Fsp3) is 0.412. The summed E-state index contributed by atoms with van der Waals surface area (Å²) in [7, 11) is 0. The van der Waals surface area contributed by atoms with Crippen molar-refractivity contribution in [1.29, 1.82) is 0 Å². The number of aryl methyl sites for hydroxylation is 1. The molecule has 0 unspecified atom stereocenters. The summed E-state index contributed by atoms with van der Waals surface area (Å²) in [6.45, 7) is 8.58. The maximum Gasteiger partial charge on any atom is 0.435 e. The number of hydrogen-bond donors (Lipinski definition) is 2. The quantitative estimate of drug-likeness (QED) is 0.728. The lowest BCUT2D eigenvalue weighted by Crippen LogP contribution is -2.34. The molecule has 0 aliphatic carbocycles. The maximum absolute atomic E-state index is 12.4. The average Bonchev–Trinajstić information content (AvgIpc) is 3.24.